The molecule has 0 radical (unpaired) electrons. The van der Waals surface area contributed by atoms with E-state index in [0.717, 1.165) is 4.88 Å². The summed E-state index contributed by atoms with van der Waals surface area (Å²) >= 11 is 1.46. The van der Waals surface area contributed by atoms with Crippen molar-refractivity contribution in [2.75, 3.05) is 46.4 Å². The van der Waals surface area contributed by atoms with Crippen molar-refractivity contribution in [3.05, 3.63) is 22.4 Å². The van der Waals surface area contributed by atoms with Gasteiger partial charge < -0.3 is 19.9 Å². The highest BCUT2D eigenvalue weighted by atomic mass is 32.1. The van der Waals surface area contributed by atoms with Crippen LogP contribution in [0.5, 0.6) is 0 Å². The van der Waals surface area contributed by atoms with Crippen LogP contribution in [0.1, 0.15) is 35.4 Å². The normalized spacial score (nSPS) is 18.9. The van der Waals surface area contributed by atoms with Crippen molar-refractivity contribution in [1.82, 2.24) is 15.1 Å². The standard InChI is InChI=1S/C20H29N3O4S/c1-27-13-8-21-18(24)15-4-9-22(10-5-15)19(25)16-6-11-23(12-7-16)20(26)17-3-2-14-28-17/h2-3,14-16H,4-13H2,1H3,(H,21,24). The van der Waals surface area contributed by atoms with Crippen LogP contribution in [-0.2, 0) is 14.3 Å². The summed E-state index contributed by atoms with van der Waals surface area (Å²) in [6, 6.07) is 3.73. The lowest BCUT2D eigenvalue weighted by Gasteiger charge is -2.37. The fraction of sp³-hybridized carbons (Fsp3) is 0.650. The summed E-state index contributed by atoms with van der Waals surface area (Å²) in [5.41, 5.74) is 0. The van der Waals surface area contributed by atoms with E-state index in [0.29, 0.717) is 65.0 Å². The largest absolute Gasteiger partial charge is 0.383 e. The second-order valence-corrected chi connectivity index (χ2v) is 8.37. The van der Waals surface area contributed by atoms with Gasteiger partial charge >= 0.3 is 0 Å². The molecule has 0 spiro atoms. The van der Waals surface area contributed by atoms with Gasteiger partial charge in [-0.05, 0) is 37.1 Å². The van der Waals surface area contributed by atoms with E-state index >= 15 is 0 Å². The molecule has 2 fully saturated rings. The lowest BCUT2D eigenvalue weighted by atomic mass is 9.91. The third-order valence-electron chi connectivity index (χ3n) is 5.65. The number of hydrogen-bond donors (Lipinski definition) is 1. The third-order valence-corrected chi connectivity index (χ3v) is 6.50. The van der Waals surface area contributed by atoms with Gasteiger partial charge in [-0.25, -0.2) is 0 Å². The van der Waals surface area contributed by atoms with Crippen LogP contribution in [0.2, 0.25) is 0 Å². The van der Waals surface area contributed by atoms with Crippen molar-refractivity contribution in [2.24, 2.45) is 11.8 Å². The molecule has 2 aliphatic heterocycles. The lowest BCUT2D eigenvalue weighted by molar-refractivity contribution is -0.140. The summed E-state index contributed by atoms with van der Waals surface area (Å²) in [5, 5.41) is 4.79. The summed E-state index contributed by atoms with van der Waals surface area (Å²) in [7, 11) is 1.61. The summed E-state index contributed by atoms with van der Waals surface area (Å²) in [4.78, 5) is 41.9. The van der Waals surface area contributed by atoms with Crippen molar-refractivity contribution in [3.8, 4) is 0 Å². The Morgan fingerprint density at radius 3 is 2.32 bits per heavy atom. The SMILES string of the molecule is COCCNC(=O)C1CCN(C(=O)C2CCN(C(=O)c3cccs3)CC2)CC1. The van der Waals surface area contributed by atoms with Crippen molar-refractivity contribution in [2.45, 2.75) is 25.7 Å². The van der Waals surface area contributed by atoms with Gasteiger partial charge in [0.25, 0.3) is 5.91 Å². The van der Waals surface area contributed by atoms with Crippen molar-refractivity contribution < 1.29 is 19.1 Å². The van der Waals surface area contributed by atoms with Crippen LogP contribution in [0.3, 0.4) is 0 Å². The average molecular weight is 408 g/mol. The topological polar surface area (TPSA) is 79.0 Å². The van der Waals surface area contributed by atoms with Gasteiger partial charge in [0.05, 0.1) is 11.5 Å². The molecule has 1 aromatic rings. The van der Waals surface area contributed by atoms with Gasteiger partial charge in [-0.1, -0.05) is 6.07 Å². The first-order valence-corrected chi connectivity index (χ1v) is 10.9. The van der Waals surface area contributed by atoms with Crippen molar-refractivity contribution >= 4 is 29.1 Å². The number of ether oxygens (including phenoxy) is 1. The molecular formula is C20H29N3O4S. The predicted molar refractivity (Wildman–Crippen MR) is 107 cm³/mol. The van der Waals surface area contributed by atoms with Gasteiger partial charge in [0.15, 0.2) is 0 Å². The monoisotopic (exact) mass is 407 g/mol. The van der Waals surface area contributed by atoms with E-state index in [-0.39, 0.29) is 29.6 Å². The van der Waals surface area contributed by atoms with E-state index in [2.05, 4.69) is 5.32 Å². The minimum absolute atomic E-state index is 0.0144. The molecule has 0 aliphatic carbocycles. The quantitative estimate of drug-likeness (QED) is 0.727. The molecule has 0 atom stereocenters. The fourth-order valence-corrected chi connectivity index (χ4v) is 4.62. The molecule has 2 saturated heterocycles. The first kappa shape index (κ1) is 20.8. The van der Waals surface area contributed by atoms with Crippen LogP contribution in [0, 0.1) is 11.8 Å². The Bertz CT molecular complexity index is 663. The van der Waals surface area contributed by atoms with Gasteiger partial charge in [-0.2, -0.15) is 0 Å². The number of carbonyl (C=O) groups is 3. The number of methoxy groups -OCH3 is 1. The van der Waals surface area contributed by atoms with Gasteiger partial charge in [0.1, 0.15) is 0 Å². The highest BCUT2D eigenvalue weighted by Gasteiger charge is 2.33. The van der Waals surface area contributed by atoms with E-state index in [1.807, 2.05) is 27.3 Å². The zero-order valence-corrected chi connectivity index (χ0v) is 17.2. The minimum atomic E-state index is -0.0221. The average Bonchev–Trinajstić information content (AvgIpc) is 3.28. The van der Waals surface area contributed by atoms with Crippen LogP contribution >= 0.6 is 11.3 Å². The van der Waals surface area contributed by atoms with Crippen molar-refractivity contribution in [3.63, 3.8) is 0 Å². The Hall–Kier alpha value is -1.93. The third kappa shape index (κ3) is 5.11. The number of piperidine rings is 2. The summed E-state index contributed by atoms with van der Waals surface area (Å²) < 4.78 is 4.95. The van der Waals surface area contributed by atoms with Gasteiger partial charge in [-0.15, -0.1) is 11.3 Å². The molecule has 0 unspecified atom stereocenters. The van der Waals surface area contributed by atoms with Gasteiger partial charge in [0, 0.05) is 51.7 Å². The van der Waals surface area contributed by atoms with Crippen LogP contribution in [-0.4, -0.2) is 74.0 Å². The lowest BCUT2D eigenvalue weighted by Crippen LogP contribution is -2.48. The first-order chi connectivity index (χ1) is 13.6. The zero-order chi connectivity index (χ0) is 19.9. The molecule has 3 heterocycles. The summed E-state index contributed by atoms with van der Waals surface area (Å²) in [6.45, 7) is 3.57. The van der Waals surface area contributed by atoms with Crippen molar-refractivity contribution in [1.29, 1.82) is 0 Å². The Morgan fingerprint density at radius 1 is 1.07 bits per heavy atom. The Balaban J connectivity index is 1.41. The minimum Gasteiger partial charge on any atom is -0.383 e. The van der Waals surface area contributed by atoms with E-state index in [4.69, 9.17) is 4.74 Å². The number of likely N-dealkylation sites (tertiary alicyclic amines) is 2. The molecule has 0 aromatic carbocycles. The van der Waals surface area contributed by atoms with Crippen LogP contribution < -0.4 is 5.32 Å². The highest BCUT2D eigenvalue weighted by Crippen LogP contribution is 2.25. The molecule has 154 valence electrons. The molecule has 8 heteroatoms. The molecular weight excluding hydrogens is 378 g/mol. The van der Waals surface area contributed by atoms with E-state index in [1.165, 1.54) is 11.3 Å². The number of rotatable bonds is 6. The number of carbonyl (C=O) groups excluding carboxylic acids is 3. The smallest absolute Gasteiger partial charge is 0.263 e. The molecule has 7 nitrogen and oxygen atoms in total. The van der Waals surface area contributed by atoms with E-state index in [9.17, 15) is 14.4 Å². The first-order valence-electron chi connectivity index (χ1n) is 9.98. The number of hydrogen-bond acceptors (Lipinski definition) is 5. The predicted octanol–water partition coefficient (Wildman–Crippen LogP) is 1.60. The molecule has 3 amide bonds. The Kier molecular flexibility index (Phi) is 7.44. The van der Waals surface area contributed by atoms with E-state index < -0.39 is 0 Å². The highest BCUT2D eigenvalue weighted by molar-refractivity contribution is 7.12. The van der Waals surface area contributed by atoms with Crippen LogP contribution in [0.25, 0.3) is 0 Å². The molecule has 0 bridgehead atoms. The summed E-state index contributed by atoms with van der Waals surface area (Å²) in [6.07, 6.45) is 2.85. The van der Waals surface area contributed by atoms with Gasteiger partial charge in [-0.3, -0.25) is 14.4 Å². The zero-order valence-electron chi connectivity index (χ0n) is 16.4. The molecule has 1 N–H and O–H groups in total. The molecule has 2 aliphatic rings. The number of nitrogens with one attached hydrogen (secondary N) is 1. The second-order valence-electron chi connectivity index (χ2n) is 7.43. The fourth-order valence-electron chi connectivity index (χ4n) is 3.93. The molecule has 0 saturated carbocycles. The molecule has 3 rings (SSSR count). The summed E-state index contributed by atoms with van der Waals surface area (Å²) in [5.74, 6) is 0.276. The second kappa shape index (κ2) is 10.0. The Morgan fingerprint density at radius 2 is 1.71 bits per heavy atom. The Labute approximate surface area is 170 Å². The molecule has 1 aromatic heterocycles. The van der Waals surface area contributed by atoms with Crippen LogP contribution in [0.4, 0.5) is 0 Å². The van der Waals surface area contributed by atoms with E-state index in [1.54, 1.807) is 7.11 Å². The maximum Gasteiger partial charge on any atom is 0.263 e. The van der Waals surface area contributed by atoms with Gasteiger partial charge in [0.2, 0.25) is 11.8 Å². The van der Waals surface area contributed by atoms with Crippen LogP contribution in [0.15, 0.2) is 17.5 Å². The maximum absolute atomic E-state index is 12.9. The maximum atomic E-state index is 12.9. The number of thiophene rings is 1. The number of amides is 3. The number of nitrogens with zero attached hydrogens (tertiary/aromatic N) is 2. The molecule has 28 heavy (non-hydrogen) atoms.